The normalized spacial score (nSPS) is 18.5. The zero-order valence-corrected chi connectivity index (χ0v) is 14.2. The molecular formula is C16H20N4O3S. The number of H-pyrrole nitrogens is 1. The summed E-state index contributed by atoms with van der Waals surface area (Å²) < 4.78 is 25.3. The summed E-state index contributed by atoms with van der Waals surface area (Å²) in [6.07, 6.45) is 2.63. The summed E-state index contributed by atoms with van der Waals surface area (Å²) in [5.74, 6) is -0.162. The third kappa shape index (κ3) is 4.01. The maximum atomic E-state index is 12.6. The van der Waals surface area contributed by atoms with E-state index in [2.05, 4.69) is 14.9 Å². The molecule has 24 heavy (non-hydrogen) atoms. The second kappa shape index (κ2) is 6.74. The number of aromatic amines is 1. The molecule has 1 atom stereocenters. The van der Waals surface area contributed by atoms with Crippen LogP contribution in [0.1, 0.15) is 23.3 Å². The van der Waals surface area contributed by atoms with E-state index in [4.69, 9.17) is 0 Å². The van der Waals surface area contributed by atoms with Gasteiger partial charge in [0, 0.05) is 24.7 Å². The molecule has 2 heterocycles. The van der Waals surface area contributed by atoms with E-state index in [0.717, 1.165) is 24.7 Å². The van der Waals surface area contributed by atoms with Crippen molar-refractivity contribution in [2.24, 2.45) is 0 Å². The summed E-state index contributed by atoms with van der Waals surface area (Å²) in [6.45, 7) is 0.978. The van der Waals surface area contributed by atoms with Crippen LogP contribution in [0, 0.1) is 0 Å². The van der Waals surface area contributed by atoms with Gasteiger partial charge in [0.1, 0.15) is 5.69 Å². The Labute approximate surface area is 141 Å². The number of nitrogens with zero attached hydrogens (tertiary/aromatic N) is 2. The Morgan fingerprint density at radius 1 is 1.33 bits per heavy atom. The van der Waals surface area contributed by atoms with Gasteiger partial charge >= 0.3 is 0 Å². The van der Waals surface area contributed by atoms with E-state index in [1.54, 1.807) is 11.0 Å². The molecular weight excluding hydrogens is 328 g/mol. The first-order valence-electron chi connectivity index (χ1n) is 7.80. The van der Waals surface area contributed by atoms with Gasteiger partial charge in [-0.15, -0.1) is 0 Å². The number of sulfonamides is 1. The number of hydrogen-bond acceptors (Lipinski definition) is 4. The fourth-order valence-corrected chi connectivity index (χ4v) is 3.72. The molecule has 1 fully saturated rings. The number of piperidine rings is 1. The molecule has 0 radical (unpaired) electrons. The van der Waals surface area contributed by atoms with E-state index in [0.29, 0.717) is 24.5 Å². The number of nitrogens with one attached hydrogen (secondary N) is 2. The monoisotopic (exact) mass is 348 g/mol. The Hall–Kier alpha value is -2.19. The molecule has 0 saturated carbocycles. The second-order valence-electron chi connectivity index (χ2n) is 6.01. The van der Waals surface area contributed by atoms with Crippen LogP contribution in [0.25, 0.3) is 11.3 Å². The highest BCUT2D eigenvalue weighted by Gasteiger charge is 2.27. The summed E-state index contributed by atoms with van der Waals surface area (Å²) >= 11 is 0. The van der Waals surface area contributed by atoms with Crippen molar-refractivity contribution in [2.45, 2.75) is 18.9 Å². The van der Waals surface area contributed by atoms with Gasteiger partial charge in [-0.3, -0.25) is 9.89 Å². The molecule has 1 aliphatic heterocycles. The summed E-state index contributed by atoms with van der Waals surface area (Å²) in [7, 11) is -3.28. The van der Waals surface area contributed by atoms with Crippen LogP contribution >= 0.6 is 0 Å². The summed E-state index contributed by atoms with van der Waals surface area (Å²) in [6, 6.07) is 11.1. The first-order valence-corrected chi connectivity index (χ1v) is 9.69. The van der Waals surface area contributed by atoms with Gasteiger partial charge in [0.15, 0.2) is 0 Å². The highest BCUT2D eigenvalue weighted by atomic mass is 32.2. The van der Waals surface area contributed by atoms with Crippen LogP contribution in [0.5, 0.6) is 0 Å². The van der Waals surface area contributed by atoms with Crippen molar-refractivity contribution in [3.05, 3.63) is 42.1 Å². The zero-order valence-electron chi connectivity index (χ0n) is 13.4. The molecule has 0 spiro atoms. The Morgan fingerprint density at radius 2 is 2.08 bits per heavy atom. The van der Waals surface area contributed by atoms with E-state index in [-0.39, 0.29) is 11.9 Å². The van der Waals surface area contributed by atoms with E-state index < -0.39 is 10.0 Å². The molecule has 0 aliphatic carbocycles. The highest BCUT2D eigenvalue weighted by molar-refractivity contribution is 7.88. The average molecular weight is 348 g/mol. The first-order chi connectivity index (χ1) is 11.4. The molecule has 7 nitrogen and oxygen atoms in total. The zero-order chi connectivity index (χ0) is 17.2. The lowest BCUT2D eigenvalue weighted by molar-refractivity contribution is 0.0697. The van der Waals surface area contributed by atoms with E-state index in [9.17, 15) is 13.2 Å². The Bertz CT molecular complexity index is 817. The van der Waals surface area contributed by atoms with Gasteiger partial charge in [0.2, 0.25) is 10.0 Å². The Morgan fingerprint density at radius 3 is 2.79 bits per heavy atom. The summed E-state index contributed by atoms with van der Waals surface area (Å²) in [5, 5.41) is 6.98. The van der Waals surface area contributed by atoms with Crippen LogP contribution in [0.4, 0.5) is 0 Å². The van der Waals surface area contributed by atoms with E-state index in [1.807, 2.05) is 30.3 Å². The smallest absolute Gasteiger partial charge is 0.271 e. The molecule has 128 valence electrons. The fourth-order valence-electron chi connectivity index (χ4n) is 2.92. The van der Waals surface area contributed by atoms with Gasteiger partial charge in [-0.05, 0) is 18.9 Å². The Kier molecular flexibility index (Phi) is 4.68. The lowest BCUT2D eigenvalue weighted by atomic mass is 10.1. The second-order valence-corrected chi connectivity index (χ2v) is 7.79. The van der Waals surface area contributed by atoms with Gasteiger partial charge in [0.25, 0.3) is 5.91 Å². The molecule has 0 unspecified atom stereocenters. The largest absolute Gasteiger partial charge is 0.336 e. The standard InChI is InChI=1S/C16H20N4O3S/c1-24(22,23)19-13-8-5-9-20(11-13)16(21)15-10-14(17-18-15)12-6-3-2-4-7-12/h2-4,6-7,10,13,19H,5,8-9,11H2,1H3,(H,17,18)/t13-/m0/s1. The third-order valence-electron chi connectivity index (χ3n) is 3.97. The quantitative estimate of drug-likeness (QED) is 0.869. The van der Waals surface area contributed by atoms with Crippen molar-refractivity contribution >= 4 is 15.9 Å². The van der Waals surface area contributed by atoms with Crippen molar-refractivity contribution in [3.63, 3.8) is 0 Å². The maximum absolute atomic E-state index is 12.6. The van der Waals surface area contributed by atoms with Crippen LogP contribution in [-0.2, 0) is 10.0 Å². The Balaban J connectivity index is 1.71. The van der Waals surface area contributed by atoms with Crippen LogP contribution in [0.2, 0.25) is 0 Å². The molecule has 8 heteroatoms. The minimum absolute atomic E-state index is 0.162. The first kappa shape index (κ1) is 16.7. The van der Waals surface area contributed by atoms with Gasteiger partial charge in [-0.2, -0.15) is 5.10 Å². The van der Waals surface area contributed by atoms with E-state index >= 15 is 0 Å². The minimum atomic E-state index is -3.28. The number of carbonyl (C=O) groups excluding carboxylic acids is 1. The number of benzene rings is 1. The summed E-state index contributed by atoms with van der Waals surface area (Å²) in [4.78, 5) is 14.3. The van der Waals surface area contributed by atoms with Crippen molar-refractivity contribution in [3.8, 4) is 11.3 Å². The number of likely N-dealkylation sites (tertiary alicyclic amines) is 1. The van der Waals surface area contributed by atoms with Crippen molar-refractivity contribution < 1.29 is 13.2 Å². The van der Waals surface area contributed by atoms with Crippen molar-refractivity contribution in [1.29, 1.82) is 0 Å². The van der Waals surface area contributed by atoms with Crippen molar-refractivity contribution in [1.82, 2.24) is 19.8 Å². The summed E-state index contributed by atoms with van der Waals surface area (Å²) in [5.41, 5.74) is 2.05. The molecule has 1 aliphatic rings. The number of amides is 1. The van der Waals surface area contributed by atoms with Crippen LogP contribution in [0.15, 0.2) is 36.4 Å². The molecule has 0 bridgehead atoms. The number of rotatable bonds is 4. The van der Waals surface area contributed by atoms with Crippen LogP contribution in [-0.4, -0.2) is 54.8 Å². The topological polar surface area (TPSA) is 95.2 Å². The van der Waals surface area contributed by atoms with Crippen LogP contribution in [0.3, 0.4) is 0 Å². The van der Waals surface area contributed by atoms with Gasteiger partial charge < -0.3 is 4.90 Å². The maximum Gasteiger partial charge on any atom is 0.271 e. The van der Waals surface area contributed by atoms with Gasteiger partial charge in [-0.25, -0.2) is 13.1 Å². The molecule has 3 rings (SSSR count). The van der Waals surface area contributed by atoms with Crippen molar-refractivity contribution in [2.75, 3.05) is 19.3 Å². The molecule has 2 aromatic rings. The predicted octanol–water partition coefficient (Wildman–Crippen LogP) is 1.23. The number of aromatic nitrogens is 2. The number of carbonyl (C=O) groups is 1. The lowest BCUT2D eigenvalue weighted by Gasteiger charge is -2.32. The lowest BCUT2D eigenvalue weighted by Crippen LogP contribution is -2.49. The van der Waals surface area contributed by atoms with E-state index in [1.165, 1.54) is 0 Å². The molecule has 1 aromatic carbocycles. The highest BCUT2D eigenvalue weighted by Crippen LogP contribution is 2.19. The molecule has 1 saturated heterocycles. The van der Waals surface area contributed by atoms with Gasteiger partial charge in [-0.1, -0.05) is 30.3 Å². The third-order valence-corrected chi connectivity index (χ3v) is 4.73. The minimum Gasteiger partial charge on any atom is -0.336 e. The number of hydrogen-bond donors (Lipinski definition) is 2. The molecule has 1 aromatic heterocycles. The SMILES string of the molecule is CS(=O)(=O)N[C@H]1CCCN(C(=O)c2cc(-c3ccccc3)n[nH]2)C1. The van der Waals surface area contributed by atoms with Crippen LogP contribution < -0.4 is 4.72 Å². The average Bonchev–Trinajstić information content (AvgIpc) is 3.03. The fraction of sp³-hybridized carbons (Fsp3) is 0.375. The van der Waals surface area contributed by atoms with Gasteiger partial charge in [0.05, 0.1) is 11.9 Å². The molecule has 2 N–H and O–H groups in total. The predicted molar refractivity (Wildman–Crippen MR) is 90.9 cm³/mol. The molecule has 1 amide bonds.